The molecule has 3 nitrogen and oxygen atoms in total. The van der Waals surface area contributed by atoms with Crippen molar-refractivity contribution >= 4 is 39.8 Å². The van der Waals surface area contributed by atoms with E-state index in [0.29, 0.717) is 6.42 Å². The van der Waals surface area contributed by atoms with Crippen molar-refractivity contribution in [2.75, 3.05) is 10.6 Å². The summed E-state index contributed by atoms with van der Waals surface area (Å²) in [6.07, 6.45) is 1.46. The summed E-state index contributed by atoms with van der Waals surface area (Å²) in [6, 6.07) is 16.5. The monoisotopic (exact) mass is 378 g/mol. The zero-order chi connectivity index (χ0) is 17.5. The van der Waals surface area contributed by atoms with Gasteiger partial charge in [0, 0.05) is 33.4 Å². The Bertz CT molecular complexity index is 973. The van der Waals surface area contributed by atoms with Gasteiger partial charge in [0.05, 0.1) is 17.4 Å². The Balaban J connectivity index is 1.62. The lowest BCUT2D eigenvalue weighted by atomic mass is 9.82. The maximum Gasteiger partial charge on any atom is 0.163 e. The Morgan fingerprint density at radius 2 is 1.58 bits per heavy atom. The second-order valence-corrected chi connectivity index (χ2v) is 8.66. The van der Waals surface area contributed by atoms with Crippen molar-refractivity contribution in [2.45, 2.75) is 24.8 Å². The molecule has 26 heavy (non-hydrogen) atoms. The molecule has 0 spiro atoms. The quantitative estimate of drug-likeness (QED) is 0.593. The molecular weight excluding hydrogens is 360 g/mol. The Morgan fingerprint density at radius 1 is 0.846 bits per heavy atom. The number of hydrogen-bond donors (Lipinski definition) is 2. The molecule has 0 radical (unpaired) electrons. The Morgan fingerprint density at radius 3 is 2.31 bits per heavy atom. The number of anilines is 2. The number of hydrogen-bond acceptors (Lipinski definition) is 5. The highest BCUT2D eigenvalue weighted by atomic mass is 32.1. The Labute approximate surface area is 160 Å². The van der Waals surface area contributed by atoms with Crippen molar-refractivity contribution in [1.82, 2.24) is 0 Å². The standard InChI is InChI=1S/C21H18N2OS2/c24-17-12-13(18-7-3-9-25-18)11-16-20(17)21(19-8-4-10-26-19)23-15-6-2-1-5-14(15)22-16/h1-10,13,21-23H,11-12H2/t13-,21+/m1/s1. The number of thiophene rings is 2. The van der Waals surface area contributed by atoms with Crippen LogP contribution in [-0.2, 0) is 4.79 Å². The van der Waals surface area contributed by atoms with Crippen molar-refractivity contribution in [3.8, 4) is 0 Å². The summed E-state index contributed by atoms with van der Waals surface area (Å²) in [5.74, 6) is 0.513. The number of rotatable bonds is 2. The lowest BCUT2D eigenvalue weighted by molar-refractivity contribution is -0.116. The molecule has 3 heterocycles. The van der Waals surface area contributed by atoms with Gasteiger partial charge in [-0.1, -0.05) is 24.3 Å². The van der Waals surface area contributed by atoms with Crippen LogP contribution >= 0.6 is 22.7 Å². The van der Waals surface area contributed by atoms with Gasteiger partial charge in [-0.3, -0.25) is 4.79 Å². The topological polar surface area (TPSA) is 41.1 Å². The number of benzene rings is 1. The normalized spacial score (nSPS) is 22.1. The number of para-hydroxylation sites is 2. The summed E-state index contributed by atoms with van der Waals surface area (Å²) in [7, 11) is 0. The maximum absolute atomic E-state index is 13.2. The van der Waals surface area contributed by atoms with E-state index in [1.165, 1.54) is 9.75 Å². The summed E-state index contributed by atoms with van der Waals surface area (Å²) in [5.41, 5.74) is 4.05. The first-order chi connectivity index (χ1) is 12.8. The zero-order valence-electron chi connectivity index (χ0n) is 14.1. The van der Waals surface area contributed by atoms with E-state index in [2.05, 4.69) is 51.7 Å². The third-order valence-electron chi connectivity index (χ3n) is 5.08. The van der Waals surface area contributed by atoms with Crippen molar-refractivity contribution in [3.63, 3.8) is 0 Å². The number of nitrogens with one attached hydrogen (secondary N) is 2. The van der Waals surface area contributed by atoms with E-state index in [-0.39, 0.29) is 17.7 Å². The molecule has 2 N–H and O–H groups in total. The number of allylic oxidation sites excluding steroid dienone is 1. The molecule has 2 atom stereocenters. The molecule has 0 saturated heterocycles. The Hall–Kier alpha value is -2.37. The van der Waals surface area contributed by atoms with Crippen LogP contribution in [0, 0.1) is 0 Å². The summed E-state index contributed by atoms with van der Waals surface area (Å²) >= 11 is 3.44. The zero-order valence-corrected chi connectivity index (χ0v) is 15.7. The van der Waals surface area contributed by atoms with Crippen molar-refractivity contribution in [2.24, 2.45) is 0 Å². The van der Waals surface area contributed by atoms with Crippen LogP contribution in [0.4, 0.5) is 11.4 Å². The molecule has 5 rings (SSSR count). The highest BCUT2D eigenvalue weighted by molar-refractivity contribution is 7.10. The third-order valence-corrected chi connectivity index (χ3v) is 7.05. The van der Waals surface area contributed by atoms with E-state index in [9.17, 15) is 4.79 Å². The van der Waals surface area contributed by atoms with Crippen molar-refractivity contribution < 1.29 is 4.79 Å². The van der Waals surface area contributed by atoms with Gasteiger partial charge >= 0.3 is 0 Å². The molecule has 1 aliphatic carbocycles. The van der Waals surface area contributed by atoms with Gasteiger partial charge < -0.3 is 10.6 Å². The SMILES string of the molecule is O=C1C[C@H](c2cccs2)CC2=C1[C@H](c1cccs1)Nc1ccccc1N2. The maximum atomic E-state index is 13.2. The Kier molecular flexibility index (Phi) is 3.91. The summed E-state index contributed by atoms with van der Waals surface area (Å²) in [5, 5.41) is 11.4. The van der Waals surface area contributed by atoms with Crippen LogP contribution < -0.4 is 10.6 Å². The van der Waals surface area contributed by atoms with Crippen LogP contribution in [0.25, 0.3) is 0 Å². The molecule has 3 aromatic rings. The first-order valence-electron chi connectivity index (χ1n) is 8.75. The number of carbonyl (C=O) groups excluding carboxylic acids is 1. The summed E-state index contributed by atoms with van der Waals surface area (Å²) in [4.78, 5) is 15.7. The molecule has 1 aliphatic heterocycles. The van der Waals surface area contributed by atoms with Crippen LogP contribution in [0.2, 0.25) is 0 Å². The van der Waals surface area contributed by atoms with E-state index in [0.717, 1.165) is 29.1 Å². The van der Waals surface area contributed by atoms with E-state index in [1.54, 1.807) is 22.7 Å². The van der Waals surface area contributed by atoms with Crippen LogP contribution in [0.1, 0.15) is 34.6 Å². The highest BCUT2D eigenvalue weighted by Gasteiger charge is 2.36. The van der Waals surface area contributed by atoms with Gasteiger partial charge in [0.1, 0.15) is 0 Å². The van der Waals surface area contributed by atoms with E-state index < -0.39 is 0 Å². The fraction of sp³-hybridized carbons (Fsp3) is 0.190. The number of carbonyl (C=O) groups is 1. The molecule has 2 aliphatic rings. The molecule has 0 saturated carbocycles. The van der Waals surface area contributed by atoms with Crippen LogP contribution in [0.5, 0.6) is 0 Å². The van der Waals surface area contributed by atoms with Gasteiger partial charge in [-0.15, -0.1) is 22.7 Å². The molecule has 5 heteroatoms. The molecule has 130 valence electrons. The van der Waals surface area contributed by atoms with E-state index in [4.69, 9.17) is 0 Å². The van der Waals surface area contributed by atoms with Crippen LogP contribution in [0.15, 0.2) is 70.6 Å². The average Bonchev–Trinajstić information content (AvgIpc) is 3.33. The van der Waals surface area contributed by atoms with Gasteiger partial charge in [-0.2, -0.15) is 0 Å². The predicted octanol–water partition coefficient (Wildman–Crippen LogP) is 5.79. The smallest absolute Gasteiger partial charge is 0.163 e. The summed E-state index contributed by atoms with van der Waals surface area (Å²) < 4.78 is 0. The molecule has 0 unspecified atom stereocenters. The minimum absolute atomic E-state index is 0.0852. The fourth-order valence-electron chi connectivity index (χ4n) is 3.89. The van der Waals surface area contributed by atoms with Crippen LogP contribution in [-0.4, -0.2) is 5.78 Å². The first kappa shape index (κ1) is 15.9. The fourth-order valence-corrected chi connectivity index (χ4v) is 5.50. The lowest BCUT2D eigenvalue weighted by Crippen LogP contribution is -2.26. The van der Waals surface area contributed by atoms with Crippen molar-refractivity contribution in [1.29, 1.82) is 0 Å². The predicted molar refractivity (Wildman–Crippen MR) is 109 cm³/mol. The molecule has 0 bridgehead atoms. The first-order valence-corrected chi connectivity index (χ1v) is 10.5. The van der Waals surface area contributed by atoms with E-state index in [1.807, 2.05) is 18.2 Å². The average molecular weight is 379 g/mol. The number of fused-ring (bicyclic) bond motifs is 1. The van der Waals surface area contributed by atoms with Crippen LogP contribution in [0.3, 0.4) is 0 Å². The molecule has 2 aromatic heterocycles. The molecule has 0 fully saturated rings. The largest absolute Gasteiger partial charge is 0.372 e. The second-order valence-electron chi connectivity index (χ2n) is 6.70. The molecule has 0 amide bonds. The lowest BCUT2D eigenvalue weighted by Gasteiger charge is -2.28. The molecule has 1 aromatic carbocycles. The highest BCUT2D eigenvalue weighted by Crippen LogP contribution is 2.45. The van der Waals surface area contributed by atoms with Gasteiger partial charge in [0.2, 0.25) is 0 Å². The van der Waals surface area contributed by atoms with E-state index >= 15 is 0 Å². The number of ketones is 1. The minimum atomic E-state index is -0.0852. The van der Waals surface area contributed by atoms with Gasteiger partial charge in [0.25, 0.3) is 0 Å². The van der Waals surface area contributed by atoms with Gasteiger partial charge in [0.15, 0.2) is 5.78 Å². The molecular formula is C21H18N2OS2. The second kappa shape index (κ2) is 6.41. The van der Waals surface area contributed by atoms with Crippen molar-refractivity contribution in [3.05, 3.63) is 80.3 Å². The summed E-state index contributed by atoms with van der Waals surface area (Å²) in [6.45, 7) is 0. The minimum Gasteiger partial charge on any atom is -0.372 e. The number of Topliss-reactive ketones (excluding diaryl/α,β-unsaturated/α-hetero) is 1. The third kappa shape index (κ3) is 2.68. The van der Waals surface area contributed by atoms with Gasteiger partial charge in [-0.05, 0) is 41.4 Å². The van der Waals surface area contributed by atoms with Gasteiger partial charge in [-0.25, -0.2) is 0 Å².